The Morgan fingerprint density at radius 2 is 2.05 bits per heavy atom. The topological polar surface area (TPSA) is 102 Å². The average molecular weight is 291 g/mol. The lowest BCUT2D eigenvalue weighted by atomic mass is 10.2. The molecule has 0 aliphatic heterocycles. The lowest BCUT2D eigenvalue weighted by Crippen LogP contribution is -2.24. The van der Waals surface area contributed by atoms with E-state index in [1.807, 2.05) is 20.0 Å². The second kappa shape index (κ2) is 5.78. The van der Waals surface area contributed by atoms with Gasteiger partial charge in [-0.1, -0.05) is 0 Å². The third-order valence-corrected chi connectivity index (χ3v) is 3.09. The van der Waals surface area contributed by atoms with Crippen molar-refractivity contribution >= 4 is 11.9 Å². The van der Waals surface area contributed by atoms with E-state index in [1.54, 1.807) is 11.7 Å². The van der Waals surface area contributed by atoms with E-state index >= 15 is 0 Å². The molecule has 0 unspecified atom stereocenters. The Morgan fingerprint density at radius 3 is 2.62 bits per heavy atom. The average Bonchev–Trinajstić information content (AvgIpc) is 2.99. The van der Waals surface area contributed by atoms with E-state index in [1.165, 1.54) is 10.9 Å². The Labute approximate surface area is 121 Å². The minimum atomic E-state index is -1.23. The Balaban J connectivity index is 2.11. The van der Waals surface area contributed by atoms with Crippen molar-refractivity contribution in [3.05, 3.63) is 34.9 Å². The molecule has 0 radical (unpaired) electrons. The molecule has 0 atom stereocenters. The number of nitrogens with one attached hydrogen (secondary N) is 1. The highest BCUT2D eigenvalue weighted by atomic mass is 16.4. The number of carbonyl (C=O) groups excluding carboxylic acids is 1. The predicted molar refractivity (Wildman–Crippen MR) is 74.0 cm³/mol. The predicted octanol–water partition coefficient (Wildman–Crippen LogP) is 0.573. The molecule has 0 fully saturated rings. The number of hydrogen-bond acceptors (Lipinski definition) is 4. The third kappa shape index (κ3) is 3.10. The first-order chi connectivity index (χ1) is 9.92. The summed E-state index contributed by atoms with van der Waals surface area (Å²) in [5.41, 5.74) is 1.52. The molecule has 0 aliphatic carbocycles. The van der Waals surface area contributed by atoms with Gasteiger partial charge < -0.3 is 10.4 Å². The summed E-state index contributed by atoms with van der Waals surface area (Å²) in [5.74, 6) is -1.69. The normalized spacial score (nSPS) is 10.6. The molecule has 2 N–H and O–H groups in total. The molecule has 0 aromatic carbocycles. The fourth-order valence-corrected chi connectivity index (χ4v) is 1.98. The van der Waals surface area contributed by atoms with Crippen molar-refractivity contribution < 1.29 is 14.7 Å². The first-order valence-electron chi connectivity index (χ1n) is 6.50. The summed E-state index contributed by atoms with van der Waals surface area (Å²) in [6, 6.07) is 0. The number of hydrogen-bond donors (Lipinski definition) is 2. The van der Waals surface area contributed by atoms with Gasteiger partial charge in [0.25, 0.3) is 5.91 Å². The van der Waals surface area contributed by atoms with Crippen LogP contribution >= 0.6 is 0 Å². The summed E-state index contributed by atoms with van der Waals surface area (Å²) in [4.78, 5) is 23.1. The van der Waals surface area contributed by atoms with Crippen LogP contribution in [0.4, 0.5) is 0 Å². The Kier molecular flexibility index (Phi) is 4.06. The van der Waals surface area contributed by atoms with Crippen LogP contribution in [0.25, 0.3) is 0 Å². The van der Waals surface area contributed by atoms with Crippen molar-refractivity contribution in [3.63, 3.8) is 0 Å². The van der Waals surface area contributed by atoms with Crippen LogP contribution in [0, 0.1) is 6.92 Å². The lowest BCUT2D eigenvalue weighted by molar-refractivity contribution is 0.0684. The van der Waals surface area contributed by atoms with E-state index < -0.39 is 11.9 Å². The first-order valence-corrected chi connectivity index (χ1v) is 6.50. The molecule has 2 aromatic heterocycles. The smallest absolute Gasteiger partial charge is 0.357 e. The number of carboxylic acids is 1. The molecular formula is C13H17N5O3. The van der Waals surface area contributed by atoms with E-state index in [-0.39, 0.29) is 11.3 Å². The van der Waals surface area contributed by atoms with E-state index in [2.05, 4.69) is 15.5 Å². The molecule has 2 rings (SSSR count). The van der Waals surface area contributed by atoms with Crippen molar-refractivity contribution in [2.45, 2.75) is 26.9 Å². The van der Waals surface area contributed by atoms with Crippen molar-refractivity contribution in [1.29, 1.82) is 0 Å². The van der Waals surface area contributed by atoms with Crippen LogP contribution in [0.5, 0.6) is 0 Å². The lowest BCUT2D eigenvalue weighted by Gasteiger charge is -2.03. The Bertz CT molecular complexity index is 686. The van der Waals surface area contributed by atoms with Gasteiger partial charge >= 0.3 is 5.97 Å². The maximum absolute atomic E-state index is 12.1. The van der Waals surface area contributed by atoms with Crippen LogP contribution in [0.15, 0.2) is 12.4 Å². The summed E-state index contributed by atoms with van der Waals surface area (Å²) >= 11 is 0. The number of carbonyl (C=O) groups is 2. The summed E-state index contributed by atoms with van der Waals surface area (Å²) in [6.45, 7) is 4.88. The number of aryl methyl sites for hydroxylation is 3. The molecule has 112 valence electrons. The summed E-state index contributed by atoms with van der Waals surface area (Å²) in [5, 5.41) is 19.8. The molecule has 0 aliphatic rings. The van der Waals surface area contributed by atoms with E-state index in [0.29, 0.717) is 6.54 Å². The second-order valence-electron chi connectivity index (χ2n) is 4.65. The number of aromatic nitrogens is 4. The van der Waals surface area contributed by atoms with Gasteiger partial charge in [0.2, 0.25) is 0 Å². The van der Waals surface area contributed by atoms with Gasteiger partial charge in [-0.25, -0.2) is 4.79 Å². The molecule has 21 heavy (non-hydrogen) atoms. The highest BCUT2D eigenvalue weighted by Gasteiger charge is 2.20. The van der Waals surface area contributed by atoms with Crippen LogP contribution in [-0.4, -0.2) is 36.5 Å². The molecule has 0 saturated heterocycles. The van der Waals surface area contributed by atoms with Crippen molar-refractivity contribution in [2.75, 3.05) is 0 Å². The fraction of sp³-hybridized carbons (Fsp3) is 0.385. The molecule has 8 nitrogen and oxygen atoms in total. The zero-order chi connectivity index (χ0) is 15.6. The van der Waals surface area contributed by atoms with Gasteiger partial charge in [0.05, 0.1) is 11.3 Å². The fourth-order valence-electron chi connectivity index (χ4n) is 1.98. The van der Waals surface area contributed by atoms with Crippen molar-refractivity contribution in [3.8, 4) is 0 Å². The largest absolute Gasteiger partial charge is 0.476 e. The van der Waals surface area contributed by atoms with Gasteiger partial charge in [-0.15, -0.1) is 0 Å². The Morgan fingerprint density at radius 1 is 1.33 bits per heavy atom. The van der Waals surface area contributed by atoms with Gasteiger partial charge in [0, 0.05) is 38.1 Å². The molecule has 8 heteroatoms. The van der Waals surface area contributed by atoms with Gasteiger partial charge in [-0.2, -0.15) is 10.2 Å². The van der Waals surface area contributed by atoms with Crippen molar-refractivity contribution in [1.82, 2.24) is 24.9 Å². The van der Waals surface area contributed by atoms with Crippen LogP contribution in [0.2, 0.25) is 0 Å². The molecule has 0 saturated carbocycles. The van der Waals surface area contributed by atoms with Crippen LogP contribution < -0.4 is 5.32 Å². The van der Waals surface area contributed by atoms with E-state index in [4.69, 9.17) is 5.11 Å². The highest BCUT2D eigenvalue weighted by molar-refractivity contribution is 6.03. The zero-order valence-electron chi connectivity index (χ0n) is 12.1. The van der Waals surface area contributed by atoms with Gasteiger partial charge in [0.1, 0.15) is 0 Å². The van der Waals surface area contributed by atoms with Crippen LogP contribution in [-0.2, 0) is 20.1 Å². The summed E-state index contributed by atoms with van der Waals surface area (Å²) in [7, 11) is 1.57. The minimum absolute atomic E-state index is 0.0468. The number of amides is 1. The highest BCUT2D eigenvalue weighted by Crippen LogP contribution is 2.09. The number of aromatic carboxylic acids is 1. The molecule has 1 amide bonds. The number of rotatable bonds is 5. The van der Waals surface area contributed by atoms with Gasteiger partial charge in [0.15, 0.2) is 5.69 Å². The Hall–Kier alpha value is -2.64. The molecule has 2 heterocycles. The van der Waals surface area contributed by atoms with E-state index in [9.17, 15) is 9.59 Å². The van der Waals surface area contributed by atoms with E-state index in [0.717, 1.165) is 17.8 Å². The monoisotopic (exact) mass is 291 g/mol. The molecule has 2 aromatic rings. The number of carboxylic acid groups (broad SMARTS) is 1. The van der Waals surface area contributed by atoms with Gasteiger partial charge in [-0.3, -0.25) is 14.2 Å². The quantitative estimate of drug-likeness (QED) is 0.838. The summed E-state index contributed by atoms with van der Waals surface area (Å²) < 4.78 is 3.09. The maximum Gasteiger partial charge on any atom is 0.357 e. The minimum Gasteiger partial charge on any atom is -0.476 e. The maximum atomic E-state index is 12.1. The molecular weight excluding hydrogens is 274 g/mol. The number of nitrogens with zero attached hydrogens (tertiary/aromatic N) is 4. The SMILES string of the molecule is CCn1cc(CNC(=O)c2cn(C)nc2C(=O)O)c(C)n1. The van der Waals surface area contributed by atoms with Crippen molar-refractivity contribution in [2.24, 2.45) is 7.05 Å². The van der Waals surface area contributed by atoms with Crippen LogP contribution in [0.1, 0.15) is 39.0 Å². The second-order valence-corrected chi connectivity index (χ2v) is 4.65. The first kappa shape index (κ1) is 14.8. The zero-order valence-corrected chi connectivity index (χ0v) is 12.1. The van der Waals surface area contributed by atoms with Gasteiger partial charge in [-0.05, 0) is 13.8 Å². The third-order valence-electron chi connectivity index (χ3n) is 3.09. The van der Waals surface area contributed by atoms with Crippen LogP contribution in [0.3, 0.4) is 0 Å². The molecule has 0 spiro atoms. The standard InChI is InChI=1S/C13H17N5O3/c1-4-18-6-9(8(2)15-18)5-14-12(19)10-7-17(3)16-11(10)13(20)21/h6-7H,4-5H2,1-3H3,(H,14,19)(H,20,21). The summed E-state index contributed by atoms with van der Waals surface area (Å²) in [6.07, 6.45) is 3.25. The molecule has 0 bridgehead atoms.